The normalized spacial score (nSPS) is 22.8. The van der Waals surface area contributed by atoms with Crippen LogP contribution in [0.15, 0.2) is 43.1 Å². The van der Waals surface area contributed by atoms with Crippen LogP contribution in [0.2, 0.25) is 0 Å². The lowest BCUT2D eigenvalue weighted by molar-refractivity contribution is -0.122. The molecule has 1 aliphatic heterocycles. The van der Waals surface area contributed by atoms with Crippen LogP contribution >= 0.6 is 0 Å². The Hall–Kier alpha value is -3.54. The molecule has 0 aliphatic carbocycles. The molecule has 11 heteroatoms. The number of aromatic nitrogens is 5. The lowest BCUT2D eigenvalue weighted by atomic mass is 10.1. The van der Waals surface area contributed by atoms with E-state index in [1.165, 1.54) is 17.2 Å². The fourth-order valence-corrected chi connectivity index (χ4v) is 4.29. The van der Waals surface area contributed by atoms with Gasteiger partial charge in [0.25, 0.3) is 0 Å². The molecule has 33 heavy (non-hydrogen) atoms. The number of anilines is 1. The van der Waals surface area contributed by atoms with Crippen molar-refractivity contribution in [3.8, 4) is 0 Å². The molecule has 1 fully saturated rings. The van der Waals surface area contributed by atoms with E-state index in [-0.39, 0.29) is 24.6 Å². The van der Waals surface area contributed by atoms with Crippen molar-refractivity contribution in [2.45, 2.75) is 43.8 Å². The maximum atomic E-state index is 12.3. The molecule has 0 unspecified atom stereocenters. The van der Waals surface area contributed by atoms with Crippen molar-refractivity contribution in [3.05, 3.63) is 48.7 Å². The lowest BCUT2D eigenvalue weighted by Gasteiger charge is -2.16. The maximum Gasteiger partial charge on any atom is 0.220 e. The second-order valence-corrected chi connectivity index (χ2v) is 8.13. The number of fused-ring (bicyclic) bond motifs is 2. The number of H-pyrrole nitrogens is 1. The van der Waals surface area contributed by atoms with Gasteiger partial charge in [0.15, 0.2) is 17.7 Å². The lowest BCUT2D eigenvalue weighted by Crippen LogP contribution is -2.33. The Kier molecular flexibility index (Phi) is 5.67. The van der Waals surface area contributed by atoms with Crippen LogP contribution in [-0.4, -0.2) is 65.5 Å². The molecule has 5 rings (SSSR count). The van der Waals surface area contributed by atoms with E-state index in [4.69, 9.17) is 10.5 Å². The van der Waals surface area contributed by atoms with Crippen molar-refractivity contribution in [3.63, 3.8) is 0 Å². The van der Waals surface area contributed by atoms with Gasteiger partial charge >= 0.3 is 0 Å². The molecule has 4 heterocycles. The highest BCUT2D eigenvalue weighted by atomic mass is 16.6. The van der Waals surface area contributed by atoms with Gasteiger partial charge in [0.2, 0.25) is 5.91 Å². The van der Waals surface area contributed by atoms with E-state index in [1.807, 2.05) is 30.5 Å². The number of hydrogen-bond acceptors (Lipinski definition) is 8. The molecule has 0 saturated carbocycles. The third-order valence-corrected chi connectivity index (χ3v) is 6.05. The quantitative estimate of drug-likeness (QED) is 0.273. The molecule has 0 spiro atoms. The summed E-state index contributed by atoms with van der Waals surface area (Å²) >= 11 is 0. The van der Waals surface area contributed by atoms with Crippen LogP contribution < -0.4 is 11.1 Å². The Morgan fingerprint density at radius 3 is 2.94 bits per heavy atom. The fraction of sp³-hybridized carbons (Fsp3) is 0.364. The average Bonchev–Trinajstić information content (AvgIpc) is 3.50. The van der Waals surface area contributed by atoms with Gasteiger partial charge in [-0.3, -0.25) is 9.36 Å². The zero-order valence-corrected chi connectivity index (χ0v) is 17.8. The number of nitrogens with zero attached hydrogens (tertiary/aromatic N) is 4. The van der Waals surface area contributed by atoms with Crippen molar-refractivity contribution >= 4 is 33.8 Å². The molecule has 3 aromatic heterocycles. The molecular weight excluding hydrogens is 426 g/mol. The van der Waals surface area contributed by atoms with E-state index in [0.29, 0.717) is 24.1 Å². The number of amides is 1. The molecule has 4 aromatic rings. The van der Waals surface area contributed by atoms with E-state index in [1.54, 1.807) is 0 Å². The summed E-state index contributed by atoms with van der Waals surface area (Å²) in [7, 11) is 0. The van der Waals surface area contributed by atoms with E-state index in [2.05, 4.69) is 25.3 Å². The number of nitrogens with two attached hydrogens (primary N) is 1. The largest absolute Gasteiger partial charge is 0.388 e. The number of nitrogens with one attached hydrogen (secondary N) is 2. The highest BCUT2D eigenvalue weighted by molar-refractivity contribution is 5.83. The smallest absolute Gasteiger partial charge is 0.220 e. The van der Waals surface area contributed by atoms with Gasteiger partial charge in [-0.2, -0.15) is 0 Å². The van der Waals surface area contributed by atoms with Crippen molar-refractivity contribution in [2.24, 2.45) is 0 Å². The number of aromatic amines is 1. The van der Waals surface area contributed by atoms with Gasteiger partial charge in [-0.05, 0) is 24.5 Å². The molecule has 11 nitrogen and oxygen atoms in total. The first kappa shape index (κ1) is 21.3. The van der Waals surface area contributed by atoms with Gasteiger partial charge < -0.3 is 31.0 Å². The monoisotopic (exact) mass is 451 g/mol. The number of para-hydroxylation sites is 1. The summed E-state index contributed by atoms with van der Waals surface area (Å²) in [4.78, 5) is 27.8. The maximum absolute atomic E-state index is 12.3. The van der Waals surface area contributed by atoms with Crippen molar-refractivity contribution in [1.82, 2.24) is 29.8 Å². The number of imidazole rings is 1. The van der Waals surface area contributed by atoms with Crippen molar-refractivity contribution in [1.29, 1.82) is 0 Å². The highest BCUT2D eigenvalue weighted by Gasteiger charge is 2.44. The Balaban J connectivity index is 1.15. The summed E-state index contributed by atoms with van der Waals surface area (Å²) in [5.74, 6) is 0.0739. The second-order valence-electron chi connectivity index (χ2n) is 8.13. The van der Waals surface area contributed by atoms with Gasteiger partial charge in [-0.25, -0.2) is 15.0 Å². The molecule has 4 atom stereocenters. The highest BCUT2D eigenvalue weighted by Crippen LogP contribution is 2.33. The summed E-state index contributed by atoms with van der Waals surface area (Å²) in [5.41, 5.74) is 8.81. The van der Waals surface area contributed by atoms with Crippen LogP contribution in [0.5, 0.6) is 0 Å². The molecule has 1 aromatic carbocycles. The van der Waals surface area contributed by atoms with Gasteiger partial charge in [0, 0.05) is 30.1 Å². The van der Waals surface area contributed by atoms with Gasteiger partial charge in [0.05, 0.1) is 12.4 Å². The van der Waals surface area contributed by atoms with E-state index >= 15 is 0 Å². The average molecular weight is 451 g/mol. The van der Waals surface area contributed by atoms with Crippen LogP contribution in [0.4, 0.5) is 5.82 Å². The Morgan fingerprint density at radius 1 is 1.21 bits per heavy atom. The molecule has 1 amide bonds. The van der Waals surface area contributed by atoms with Crippen molar-refractivity contribution in [2.75, 3.05) is 12.3 Å². The number of nitrogen functional groups attached to an aromatic ring is 1. The Morgan fingerprint density at radius 2 is 2.06 bits per heavy atom. The Bertz CT molecular complexity index is 1290. The first-order valence-corrected chi connectivity index (χ1v) is 10.8. The third-order valence-electron chi connectivity index (χ3n) is 6.05. The Labute approximate surface area is 188 Å². The minimum absolute atomic E-state index is 0.142. The van der Waals surface area contributed by atoms with E-state index < -0.39 is 24.5 Å². The standard InChI is InChI=1S/C22H25N7O4/c23-20-17-21(27-10-26-20)29(11-28-17)22-19(32)18(31)15(33-22)5-6-16(30)24-8-7-12-9-25-14-4-2-1-3-13(12)14/h1-4,9-11,15,18-19,22,25,31-32H,5-8H2,(H,24,30)(H2,23,26,27)/t15-,18-,19-,22-/m1/s1. The number of benzene rings is 1. The zero-order chi connectivity index (χ0) is 22.9. The SMILES string of the molecule is Nc1ncnc2c1ncn2[C@@H]1O[C@H](CCC(=O)NCCc2c[nH]c3ccccc23)[C@@H](O)[C@H]1O. The minimum atomic E-state index is -1.20. The van der Waals surface area contributed by atoms with Crippen LogP contribution in [0, 0.1) is 0 Å². The summed E-state index contributed by atoms with van der Waals surface area (Å²) in [6.07, 6.45) is 1.88. The number of hydrogen-bond donors (Lipinski definition) is 5. The summed E-state index contributed by atoms with van der Waals surface area (Å²) < 4.78 is 7.39. The second kappa shape index (κ2) is 8.77. The molecule has 0 bridgehead atoms. The fourth-order valence-electron chi connectivity index (χ4n) is 4.29. The van der Waals surface area contributed by atoms with E-state index in [9.17, 15) is 15.0 Å². The predicted octanol–water partition coefficient (Wildman–Crippen LogP) is 0.648. The minimum Gasteiger partial charge on any atom is -0.388 e. The van der Waals surface area contributed by atoms with Crippen LogP contribution in [-0.2, 0) is 16.0 Å². The molecule has 172 valence electrons. The first-order chi connectivity index (χ1) is 16.0. The molecular formula is C22H25N7O4. The van der Waals surface area contributed by atoms with Gasteiger partial charge in [-0.15, -0.1) is 0 Å². The summed E-state index contributed by atoms with van der Waals surface area (Å²) in [5, 5.41) is 25.0. The number of rotatable bonds is 7. The molecule has 1 aliphatic rings. The van der Waals surface area contributed by atoms with Crippen LogP contribution in [0.25, 0.3) is 22.1 Å². The predicted molar refractivity (Wildman–Crippen MR) is 120 cm³/mol. The summed E-state index contributed by atoms with van der Waals surface area (Å²) in [6, 6.07) is 8.03. The van der Waals surface area contributed by atoms with Gasteiger partial charge in [-0.1, -0.05) is 18.2 Å². The molecule has 0 radical (unpaired) electrons. The number of aliphatic hydroxyl groups is 2. The van der Waals surface area contributed by atoms with Crippen LogP contribution in [0.1, 0.15) is 24.6 Å². The van der Waals surface area contributed by atoms with E-state index in [0.717, 1.165) is 16.5 Å². The topological polar surface area (TPSA) is 164 Å². The first-order valence-electron chi connectivity index (χ1n) is 10.8. The number of ether oxygens (including phenoxy) is 1. The molecule has 1 saturated heterocycles. The zero-order valence-electron chi connectivity index (χ0n) is 17.8. The third kappa shape index (κ3) is 4.01. The number of carbonyl (C=O) groups is 1. The number of carbonyl (C=O) groups excluding carboxylic acids is 1. The van der Waals surface area contributed by atoms with Crippen molar-refractivity contribution < 1.29 is 19.7 Å². The summed E-state index contributed by atoms with van der Waals surface area (Å²) in [6.45, 7) is 0.502. The molecule has 6 N–H and O–H groups in total. The van der Waals surface area contributed by atoms with Crippen LogP contribution in [0.3, 0.4) is 0 Å². The number of aliphatic hydroxyl groups excluding tert-OH is 2. The van der Waals surface area contributed by atoms with Gasteiger partial charge in [0.1, 0.15) is 24.1 Å².